The maximum atomic E-state index is 11.9. The van der Waals surface area contributed by atoms with Gasteiger partial charge in [0.15, 0.2) is 11.5 Å². The van der Waals surface area contributed by atoms with E-state index in [4.69, 9.17) is 9.47 Å². The SMILES string of the molecule is CCCCCCCCCCCCCCCC(=O)NN=Cc1cccc(OC)c1OC. The number of hydrogen-bond donors (Lipinski definition) is 1. The van der Waals surface area contributed by atoms with Gasteiger partial charge in [-0.05, 0) is 18.6 Å². The van der Waals surface area contributed by atoms with Crippen LogP contribution in [0.15, 0.2) is 23.3 Å². The molecule has 0 saturated carbocycles. The van der Waals surface area contributed by atoms with Gasteiger partial charge < -0.3 is 9.47 Å². The molecular weight excluding hydrogens is 376 g/mol. The molecule has 0 atom stereocenters. The highest BCUT2D eigenvalue weighted by atomic mass is 16.5. The van der Waals surface area contributed by atoms with Crippen LogP contribution in [0.2, 0.25) is 0 Å². The van der Waals surface area contributed by atoms with Crippen molar-refractivity contribution >= 4 is 12.1 Å². The van der Waals surface area contributed by atoms with Gasteiger partial charge in [0.25, 0.3) is 0 Å². The van der Waals surface area contributed by atoms with Gasteiger partial charge in [-0.1, -0.05) is 90.0 Å². The van der Waals surface area contributed by atoms with Gasteiger partial charge in [-0.15, -0.1) is 0 Å². The maximum absolute atomic E-state index is 11.9. The lowest BCUT2D eigenvalue weighted by molar-refractivity contribution is -0.121. The van der Waals surface area contributed by atoms with Crippen molar-refractivity contribution < 1.29 is 14.3 Å². The van der Waals surface area contributed by atoms with Gasteiger partial charge >= 0.3 is 0 Å². The van der Waals surface area contributed by atoms with E-state index in [1.54, 1.807) is 20.4 Å². The molecular formula is C25H42N2O3. The van der Waals surface area contributed by atoms with Crippen LogP contribution < -0.4 is 14.9 Å². The van der Waals surface area contributed by atoms with Gasteiger partial charge in [0.2, 0.25) is 5.91 Å². The lowest BCUT2D eigenvalue weighted by Crippen LogP contribution is -2.17. The summed E-state index contributed by atoms with van der Waals surface area (Å²) in [5.41, 5.74) is 3.36. The van der Waals surface area contributed by atoms with Crippen LogP contribution in [-0.4, -0.2) is 26.3 Å². The molecule has 0 fully saturated rings. The highest BCUT2D eigenvalue weighted by Crippen LogP contribution is 2.29. The van der Waals surface area contributed by atoms with E-state index in [0.29, 0.717) is 17.9 Å². The Bertz CT molecular complexity index is 602. The molecule has 5 nitrogen and oxygen atoms in total. The molecule has 0 bridgehead atoms. The first-order valence-electron chi connectivity index (χ1n) is 11.8. The van der Waals surface area contributed by atoms with Crippen LogP contribution in [0.1, 0.15) is 102 Å². The number of benzene rings is 1. The first kappa shape index (κ1) is 26.0. The molecule has 1 N–H and O–H groups in total. The molecule has 30 heavy (non-hydrogen) atoms. The number of unbranched alkanes of at least 4 members (excludes halogenated alkanes) is 12. The molecule has 1 aromatic carbocycles. The predicted octanol–water partition coefficient (Wildman–Crippen LogP) is 6.64. The van der Waals surface area contributed by atoms with E-state index in [2.05, 4.69) is 17.5 Å². The standard InChI is InChI=1S/C25H42N2O3/c1-4-5-6-7-8-9-10-11-12-13-14-15-16-20-24(28)27-26-21-22-18-17-19-23(29-2)25(22)30-3/h17-19,21H,4-16,20H2,1-3H3,(H,27,28). The van der Waals surface area contributed by atoms with Gasteiger partial charge in [-0.2, -0.15) is 5.10 Å². The zero-order chi connectivity index (χ0) is 21.9. The van der Waals surface area contributed by atoms with Crippen molar-refractivity contribution in [3.05, 3.63) is 23.8 Å². The summed E-state index contributed by atoms with van der Waals surface area (Å²) in [5.74, 6) is 1.20. The summed E-state index contributed by atoms with van der Waals surface area (Å²) >= 11 is 0. The average molecular weight is 419 g/mol. The second kappa shape index (κ2) is 17.8. The minimum atomic E-state index is -0.0452. The second-order valence-corrected chi connectivity index (χ2v) is 7.87. The molecule has 0 unspecified atom stereocenters. The Morgan fingerprint density at radius 3 is 1.97 bits per heavy atom. The van der Waals surface area contributed by atoms with E-state index in [0.717, 1.165) is 18.4 Å². The van der Waals surface area contributed by atoms with Crippen LogP contribution in [0.25, 0.3) is 0 Å². The summed E-state index contributed by atoms with van der Waals surface area (Å²) in [6.45, 7) is 2.27. The Morgan fingerprint density at radius 2 is 1.43 bits per heavy atom. The highest BCUT2D eigenvalue weighted by Gasteiger charge is 2.07. The molecule has 170 valence electrons. The Labute approximate surface area is 183 Å². The normalized spacial score (nSPS) is 11.0. The number of carbonyl (C=O) groups excluding carboxylic acids is 1. The van der Waals surface area contributed by atoms with Crippen LogP contribution in [-0.2, 0) is 4.79 Å². The predicted molar refractivity (Wildman–Crippen MR) is 126 cm³/mol. The largest absolute Gasteiger partial charge is 0.493 e. The van der Waals surface area contributed by atoms with Crippen molar-refractivity contribution in [1.82, 2.24) is 5.43 Å². The van der Waals surface area contributed by atoms with E-state index in [9.17, 15) is 4.79 Å². The highest BCUT2D eigenvalue weighted by molar-refractivity contribution is 5.86. The number of carbonyl (C=O) groups is 1. The van der Waals surface area contributed by atoms with Crippen LogP contribution in [0, 0.1) is 0 Å². The fraction of sp³-hybridized carbons (Fsp3) is 0.680. The van der Waals surface area contributed by atoms with Gasteiger partial charge in [0.05, 0.1) is 20.4 Å². The summed E-state index contributed by atoms with van der Waals surface area (Å²) in [6, 6.07) is 5.55. The Morgan fingerprint density at radius 1 is 0.867 bits per heavy atom. The topological polar surface area (TPSA) is 59.9 Å². The second-order valence-electron chi connectivity index (χ2n) is 7.87. The molecule has 0 heterocycles. The first-order valence-corrected chi connectivity index (χ1v) is 11.8. The molecule has 1 aromatic rings. The maximum Gasteiger partial charge on any atom is 0.240 e. The Kier molecular flexibility index (Phi) is 15.4. The van der Waals surface area contributed by atoms with Crippen molar-refractivity contribution in [2.24, 2.45) is 5.10 Å². The first-order chi connectivity index (χ1) is 14.7. The summed E-state index contributed by atoms with van der Waals surface area (Å²) in [6.07, 6.45) is 19.0. The van der Waals surface area contributed by atoms with E-state index in [1.165, 1.54) is 70.6 Å². The van der Waals surface area contributed by atoms with E-state index in [1.807, 2.05) is 18.2 Å². The van der Waals surface area contributed by atoms with E-state index >= 15 is 0 Å². The Balaban J connectivity index is 2.03. The van der Waals surface area contributed by atoms with Crippen molar-refractivity contribution in [2.75, 3.05) is 14.2 Å². The van der Waals surface area contributed by atoms with Crippen molar-refractivity contribution in [2.45, 2.75) is 96.8 Å². The molecule has 0 aliphatic rings. The molecule has 1 amide bonds. The van der Waals surface area contributed by atoms with Gasteiger partial charge in [-0.3, -0.25) is 4.79 Å². The van der Waals surface area contributed by atoms with Gasteiger partial charge in [-0.25, -0.2) is 5.43 Å². The molecule has 5 heteroatoms. The number of hydrogen-bond acceptors (Lipinski definition) is 4. The number of nitrogens with one attached hydrogen (secondary N) is 1. The van der Waals surface area contributed by atoms with Crippen LogP contribution in [0.5, 0.6) is 11.5 Å². The lowest BCUT2D eigenvalue weighted by Gasteiger charge is -2.09. The quantitative estimate of drug-likeness (QED) is 0.165. The molecule has 0 saturated heterocycles. The van der Waals surface area contributed by atoms with Crippen molar-refractivity contribution in [1.29, 1.82) is 0 Å². The molecule has 0 radical (unpaired) electrons. The third kappa shape index (κ3) is 11.8. The number of rotatable bonds is 18. The number of nitrogens with zero attached hydrogens (tertiary/aromatic N) is 1. The fourth-order valence-corrected chi connectivity index (χ4v) is 3.55. The number of amides is 1. The van der Waals surface area contributed by atoms with Crippen LogP contribution >= 0.6 is 0 Å². The third-order valence-electron chi connectivity index (χ3n) is 5.33. The van der Waals surface area contributed by atoms with Gasteiger partial charge in [0.1, 0.15) is 0 Å². The van der Waals surface area contributed by atoms with Crippen molar-refractivity contribution in [3.63, 3.8) is 0 Å². The summed E-state index contributed by atoms with van der Waals surface area (Å²) in [7, 11) is 3.18. The number of ether oxygens (including phenoxy) is 2. The average Bonchev–Trinajstić information content (AvgIpc) is 2.76. The Hall–Kier alpha value is -2.04. The number of para-hydroxylation sites is 1. The third-order valence-corrected chi connectivity index (χ3v) is 5.33. The number of hydrazone groups is 1. The van der Waals surface area contributed by atoms with E-state index in [-0.39, 0.29) is 5.91 Å². The van der Waals surface area contributed by atoms with Crippen molar-refractivity contribution in [3.8, 4) is 11.5 Å². The lowest BCUT2D eigenvalue weighted by atomic mass is 10.0. The minimum absolute atomic E-state index is 0.0452. The molecule has 0 spiro atoms. The van der Waals surface area contributed by atoms with Crippen LogP contribution in [0.3, 0.4) is 0 Å². The smallest absolute Gasteiger partial charge is 0.240 e. The molecule has 0 aromatic heterocycles. The molecule has 1 rings (SSSR count). The zero-order valence-electron chi connectivity index (χ0n) is 19.4. The fourth-order valence-electron chi connectivity index (χ4n) is 3.55. The summed E-state index contributed by atoms with van der Waals surface area (Å²) in [4.78, 5) is 11.9. The minimum Gasteiger partial charge on any atom is -0.493 e. The van der Waals surface area contributed by atoms with E-state index < -0.39 is 0 Å². The van der Waals surface area contributed by atoms with Gasteiger partial charge in [0, 0.05) is 12.0 Å². The zero-order valence-corrected chi connectivity index (χ0v) is 19.4. The summed E-state index contributed by atoms with van der Waals surface area (Å²) < 4.78 is 10.6. The number of methoxy groups -OCH3 is 2. The van der Waals surface area contributed by atoms with Crippen LogP contribution in [0.4, 0.5) is 0 Å². The molecule has 0 aliphatic carbocycles. The monoisotopic (exact) mass is 418 g/mol. The summed E-state index contributed by atoms with van der Waals surface area (Å²) in [5, 5.41) is 4.05. The molecule has 0 aliphatic heterocycles.